The van der Waals surface area contributed by atoms with E-state index in [9.17, 15) is 34.1 Å². The van der Waals surface area contributed by atoms with Crippen LogP contribution in [0, 0.1) is 43.7 Å². The average molecular weight is 1140 g/mol. The van der Waals surface area contributed by atoms with Crippen molar-refractivity contribution in [1.82, 2.24) is 59.5 Å². The van der Waals surface area contributed by atoms with Crippen molar-refractivity contribution >= 4 is 66.7 Å². The first-order valence-corrected chi connectivity index (χ1v) is 23.9. The van der Waals surface area contributed by atoms with Gasteiger partial charge in [-0.3, -0.25) is 9.36 Å². The van der Waals surface area contributed by atoms with Gasteiger partial charge < -0.3 is 34.8 Å². The van der Waals surface area contributed by atoms with Gasteiger partial charge in [-0.25, -0.2) is 18.1 Å². The first kappa shape index (κ1) is 49.2. The van der Waals surface area contributed by atoms with Crippen LogP contribution < -0.4 is 9.47 Å². The molecule has 10 rings (SSSR count). The summed E-state index contributed by atoms with van der Waals surface area (Å²) in [6, 6.07) is 14.0. The SMILES string of the molecule is O=[N+]([O-])c1ncc(Br)cc1OCc1cc(F)ccc1-n1nc(Cl)cc1C(O)c1cn(CC2CC2)nn1.O=[N+]([O-])c1ncc(Br)cc1OCc1cc(F)ccc1-n1nc(Cl)cc1Cc1cn(CC2CC2)nn1. The maximum absolute atomic E-state index is 14.2. The van der Waals surface area contributed by atoms with E-state index in [0.29, 0.717) is 55.4 Å². The molecule has 2 aliphatic carbocycles. The van der Waals surface area contributed by atoms with Crippen molar-refractivity contribution in [2.45, 2.75) is 64.5 Å². The fraction of sp³-hybridized carbons (Fsp3) is 0.273. The number of nitrogens with zero attached hydrogens (tertiary/aromatic N) is 14. The smallest absolute Gasteiger partial charge is 0.406 e. The van der Waals surface area contributed by atoms with E-state index in [2.05, 4.69) is 72.6 Å². The second-order valence-corrected chi connectivity index (χ2v) is 19.1. The van der Waals surface area contributed by atoms with Gasteiger partial charge in [0.25, 0.3) is 0 Å². The second-order valence-electron chi connectivity index (χ2n) is 16.5. The van der Waals surface area contributed by atoms with E-state index < -0.39 is 39.2 Å². The highest BCUT2D eigenvalue weighted by Gasteiger charge is 2.27. The van der Waals surface area contributed by atoms with Gasteiger partial charge in [0.1, 0.15) is 36.6 Å². The molecule has 2 aliphatic rings. The minimum Gasteiger partial charge on any atom is -0.481 e. The van der Waals surface area contributed by atoms with Gasteiger partial charge in [0.05, 0.1) is 43.6 Å². The summed E-state index contributed by atoms with van der Waals surface area (Å²) in [4.78, 5) is 28.9. The van der Waals surface area contributed by atoms with Crippen LogP contribution in [0.2, 0.25) is 10.3 Å². The Labute approximate surface area is 426 Å². The Kier molecular flexibility index (Phi) is 14.7. The Bertz CT molecular complexity index is 3270. The van der Waals surface area contributed by atoms with Gasteiger partial charge in [0.2, 0.25) is 11.5 Å². The normalized spacial score (nSPS) is 13.7. The third kappa shape index (κ3) is 12.2. The van der Waals surface area contributed by atoms with E-state index in [4.69, 9.17) is 32.7 Å². The van der Waals surface area contributed by atoms with Gasteiger partial charge in [-0.1, -0.05) is 33.6 Å². The summed E-state index contributed by atoms with van der Waals surface area (Å²) in [5, 5.41) is 59.3. The number of nitro groups is 2. The average Bonchev–Trinajstić information content (AvgIpc) is 4.12. The molecule has 0 amide bonds. The van der Waals surface area contributed by atoms with Crippen LogP contribution in [-0.2, 0) is 32.7 Å². The van der Waals surface area contributed by atoms with Gasteiger partial charge >= 0.3 is 11.6 Å². The summed E-state index contributed by atoms with van der Waals surface area (Å²) in [7, 11) is 0. The molecule has 0 aliphatic heterocycles. The van der Waals surface area contributed by atoms with Crippen molar-refractivity contribution in [3.63, 3.8) is 0 Å². The summed E-state index contributed by atoms with van der Waals surface area (Å²) in [5.41, 5.74) is 3.64. The molecule has 71 heavy (non-hydrogen) atoms. The van der Waals surface area contributed by atoms with Gasteiger partial charge in [-0.15, -0.1) is 10.2 Å². The summed E-state index contributed by atoms with van der Waals surface area (Å²) in [6.07, 6.45) is 10.1. The number of rotatable bonds is 18. The fourth-order valence-corrected chi connectivity index (χ4v) is 8.37. The lowest BCUT2D eigenvalue weighted by atomic mass is 10.1. The van der Waals surface area contributed by atoms with Gasteiger partial charge in [0.15, 0.2) is 22.7 Å². The van der Waals surface area contributed by atoms with Crippen molar-refractivity contribution in [2.75, 3.05) is 0 Å². The van der Waals surface area contributed by atoms with Crippen molar-refractivity contribution < 1.29 is 33.2 Å². The molecular weight excluding hydrogens is 1110 g/mol. The van der Waals surface area contributed by atoms with Crippen LogP contribution in [0.3, 0.4) is 0 Å². The number of aromatic nitrogens is 12. The van der Waals surface area contributed by atoms with Gasteiger partial charge in [0, 0.05) is 55.0 Å². The van der Waals surface area contributed by atoms with Crippen molar-refractivity contribution in [2.24, 2.45) is 11.8 Å². The monoisotopic (exact) mass is 1140 g/mol. The second kappa shape index (κ2) is 21.3. The molecule has 0 bridgehead atoms. The Morgan fingerprint density at radius 2 is 1.23 bits per heavy atom. The summed E-state index contributed by atoms with van der Waals surface area (Å²) in [6.45, 7) is 1.16. The van der Waals surface area contributed by atoms with Crippen LogP contribution in [0.25, 0.3) is 11.4 Å². The number of pyridine rings is 2. The number of aliphatic hydroxyl groups is 1. The zero-order valence-corrected chi connectivity index (χ0v) is 41.3. The van der Waals surface area contributed by atoms with Crippen LogP contribution in [0.15, 0.2) is 94.4 Å². The zero-order valence-electron chi connectivity index (χ0n) is 36.6. The van der Waals surface area contributed by atoms with E-state index in [-0.39, 0.29) is 40.7 Å². The third-order valence-corrected chi connectivity index (χ3v) is 12.3. The minimum absolute atomic E-state index is 0.0504. The Morgan fingerprint density at radius 1 is 0.718 bits per heavy atom. The molecule has 366 valence electrons. The van der Waals surface area contributed by atoms with E-state index in [1.165, 1.54) is 78.4 Å². The summed E-state index contributed by atoms with van der Waals surface area (Å²) < 4.78 is 47.2. The molecule has 0 saturated heterocycles. The van der Waals surface area contributed by atoms with E-state index >= 15 is 0 Å². The number of benzene rings is 2. The molecule has 0 radical (unpaired) electrons. The molecule has 8 aromatic rings. The highest BCUT2D eigenvalue weighted by Crippen LogP contribution is 2.34. The maximum atomic E-state index is 14.2. The number of ether oxygens (including phenoxy) is 2. The Balaban J connectivity index is 0.000000176. The van der Waals surface area contributed by atoms with E-state index in [1.54, 1.807) is 27.7 Å². The topological polar surface area (TPSA) is 248 Å². The molecule has 0 spiro atoms. The third-order valence-electron chi connectivity index (χ3n) is 11.1. The predicted octanol–water partition coefficient (Wildman–Crippen LogP) is 9.29. The molecule has 1 N–H and O–H groups in total. The fourth-order valence-electron chi connectivity index (χ4n) is 7.36. The largest absolute Gasteiger partial charge is 0.481 e. The Morgan fingerprint density at radius 3 is 1.77 bits per heavy atom. The summed E-state index contributed by atoms with van der Waals surface area (Å²) >= 11 is 18.8. The highest BCUT2D eigenvalue weighted by molar-refractivity contribution is 9.10. The molecule has 6 aromatic heterocycles. The van der Waals surface area contributed by atoms with Crippen LogP contribution in [0.5, 0.6) is 11.5 Å². The summed E-state index contributed by atoms with van der Waals surface area (Å²) in [5.74, 6) is -0.870. The number of hydrogen-bond acceptors (Lipinski definition) is 15. The number of aliphatic hydroxyl groups excluding tert-OH is 1. The standard InChI is InChI=1S/C22H18BrClFN7O4.C22H18BrClFN7O3/c23-14-6-19(22(26-8-14)32(34)35)36-11-13-5-15(25)3-4-17(13)31-18(7-20(24)28-31)21(33)16-10-30(29-27-16)9-12-1-2-12;23-15-6-20(22(26-9-15)32(33)34)35-12-14-5-16(25)3-4-19(14)31-18(8-21(24)28-31)7-17-11-30(29-27-17)10-13-1-2-13/h3-8,10,12,21,33H,1-2,9,11H2;3-6,8-9,11,13H,1-2,7,10,12H2. The van der Waals surface area contributed by atoms with Crippen LogP contribution in [0.4, 0.5) is 20.4 Å². The number of hydrogen-bond donors (Lipinski definition) is 1. The predicted molar refractivity (Wildman–Crippen MR) is 255 cm³/mol. The molecule has 1 atom stereocenters. The highest BCUT2D eigenvalue weighted by atomic mass is 79.9. The van der Waals surface area contributed by atoms with Crippen LogP contribution in [-0.4, -0.2) is 74.5 Å². The van der Waals surface area contributed by atoms with Crippen molar-refractivity contribution in [3.8, 4) is 22.9 Å². The van der Waals surface area contributed by atoms with Gasteiger partial charge in [-0.2, -0.15) is 10.2 Å². The lowest BCUT2D eigenvalue weighted by Gasteiger charge is -2.15. The van der Waals surface area contributed by atoms with Gasteiger partial charge in [-0.05, 0) is 132 Å². The molecule has 1 unspecified atom stereocenters. The zero-order chi connectivity index (χ0) is 49.9. The van der Waals surface area contributed by atoms with Crippen molar-refractivity contribution in [3.05, 3.63) is 170 Å². The van der Waals surface area contributed by atoms with Crippen LogP contribution in [0.1, 0.15) is 65.7 Å². The lowest BCUT2D eigenvalue weighted by molar-refractivity contribution is -0.390. The molecule has 6 heterocycles. The van der Waals surface area contributed by atoms with Crippen LogP contribution >= 0.6 is 55.1 Å². The van der Waals surface area contributed by atoms with E-state index in [1.807, 2.05) is 10.9 Å². The molecule has 2 aromatic carbocycles. The Hall–Kier alpha value is -6.80. The quantitative estimate of drug-likeness (QED) is 0.0621. The molecule has 27 heteroatoms. The van der Waals surface area contributed by atoms with E-state index in [0.717, 1.165) is 37.3 Å². The molecule has 21 nitrogen and oxygen atoms in total. The molecule has 2 fully saturated rings. The lowest BCUT2D eigenvalue weighted by Crippen LogP contribution is -2.12. The molecule has 2 saturated carbocycles. The number of halogens is 6. The minimum atomic E-state index is -1.22. The first-order valence-electron chi connectivity index (χ1n) is 21.5. The maximum Gasteiger partial charge on any atom is 0.406 e. The van der Waals surface area contributed by atoms with Crippen molar-refractivity contribution in [1.29, 1.82) is 0 Å². The molecular formula is C44H36Br2Cl2F2N14O7. The first-order chi connectivity index (χ1) is 34.1.